The molecule has 5 heteroatoms. The lowest BCUT2D eigenvalue weighted by Gasteiger charge is -2.13. The van der Waals surface area contributed by atoms with E-state index in [0.29, 0.717) is 17.6 Å². The smallest absolute Gasteiger partial charge is 0.238 e. The Labute approximate surface area is 357 Å². The van der Waals surface area contributed by atoms with Gasteiger partial charge in [0.05, 0.1) is 5.52 Å². The quantitative estimate of drug-likeness (QED) is 0.161. The molecular weight excluding hydrogens is 757 g/mol. The van der Waals surface area contributed by atoms with Crippen molar-refractivity contribution >= 4 is 43.7 Å². The number of benzene rings is 9. The summed E-state index contributed by atoms with van der Waals surface area (Å²) in [4.78, 5) is 15.9. The number of nitrogens with zero attached hydrogens (tertiary/aromatic N) is 4. The molecule has 5 nitrogen and oxygen atoms in total. The standard InChI is InChI=1S/C57H36N4O/c1-4-15-37(16-5-1)39-27-31-42(32-28-39)55-58-56(43-33-29-40(30-34-43)38-17-6-2-7-18-38)60-57(59-55)61-50-25-14-24-47(45-22-11-10-21-44(45)41-19-8-3-9-20-41)52(50)49-36-35-48-46-23-12-13-26-51(46)62-54(48)53(49)61/h1-36H. The van der Waals surface area contributed by atoms with Crippen molar-refractivity contribution < 1.29 is 4.42 Å². The number of hydrogen-bond donors (Lipinski definition) is 0. The highest BCUT2D eigenvalue weighted by Gasteiger charge is 2.24. The maximum absolute atomic E-state index is 6.84. The van der Waals surface area contributed by atoms with Crippen LogP contribution in [-0.2, 0) is 0 Å². The Morgan fingerprint density at radius 1 is 0.323 bits per heavy atom. The topological polar surface area (TPSA) is 56.7 Å². The van der Waals surface area contributed by atoms with Crippen molar-refractivity contribution in [2.75, 3.05) is 0 Å². The van der Waals surface area contributed by atoms with Gasteiger partial charge in [-0.2, -0.15) is 9.97 Å². The third-order valence-corrected chi connectivity index (χ3v) is 11.9. The lowest BCUT2D eigenvalue weighted by Crippen LogP contribution is -2.06. The van der Waals surface area contributed by atoms with Crippen LogP contribution in [0.3, 0.4) is 0 Å². The van der Waals surface area contributed by atoms with Crippen molar-refractivity contribution in [2.24, 2.45) is 0 Å². The summed E-state index contributed by atoms with van der Waals surface area (Å²) >= 11 is 0. The molecule has 0 amide bonds. The molecule has 62 heavy (non-hydrogen) atoms. The molecule has 3 aromatic heterocycles. The first kappa shape index (κ1) is 35.5. The summed E-state index contributed by atoms with van der Waals surface area (Å²) in [5.74, 6) is 1.66. The maximum atomic E-state index is 6.84. The van der Waals surface area contributed by atoms with Gasteiger partial charge in [-0.05, 0) is 62.7 Å². The van der Waals surface area contributed by atoms with Crippen molar-refractivity contribution in [1.29, 1.82) is 0 Å². The van der Waals surface area contributed by atoms with Crippen molar-refractivity contribution in [3.63, 3.8) is 0 Å². The molecule has 9 aromatic carbocycles. The third-order valence-electron chi connectivity index (χ3n) is 11.9. The van der Waals surface area contributed by atoms with Crippen LogP contribution in [0.4, 0.5) is 0 Å². The normalized spacial score (nSPS) is 11.5. The first-order valence-electron chi connectivity index (χ1n) is 20.9. The molecule has 0 atom stereocenters. The summed E-state index contributed by atoms with van der Waals surface area (Å²) in [5.41, 5.74) is 14.4. The summed E-state index contributed by atoms with van der Waals surface area (Å²) in [7, 11) is 0. The zero-order chi connectivity index (χ0) is 41.0. The number of hydrogen-bond acceptors (Lipinski definition) is 4. The molecule has 12 rings (SSSR count). The van der Waals surface area contributed by atoms with Gasteiger partial charge in [0.2, 0.25) is 5.95 Å². The van der Waals surface area contributed by atoms with Crippen LogP contribution in [0.5, 0.6) is 0 Å². The highest BCUT2D eigenvalue weighted by atomic mass is 16.3. The van der Waals surface area contributed by atoms with Gasteiger partial charge in [-0.25, -0.2) is 4.98 Å². The van der Waals surface area contributed by atoms with Gasteiger partial charge in [0, 0.05) is 32.7 Å². The molecule has 0 aliphatic carbocycles. The summed E-state index contributed by atoms with van der Waals surface area (Å²) in [5, 5.41) is 4.24. The second-order valence-electron chi connectivity index (χ2n) is 15.6. The van der Waals surface area contributed by atoms with Crippen LogP contribution < -0.4 is 0 Å². The second-order valence-corrected chi connectivity index (χ2v) is 15.6. The summed E-state index contributed by atoms with van der Waals surface area (Å²) in [6.07, 6.45) is 0. The molecule has 12 aromatic rings. The Bertz CT molecular complexity index is 3490. The first-order valence-corrected chi connectivity index (χ1v) is 20.9. The average Bonchev–Trinajstić information content (AvgIpc) is 3.91. The fraction of sp³-hybridized carbons (Fsp3) is 0. The zero-order valence-corrected chi connectivity index (χ0v) is 33.5. The van der Waals surface area contributed by atoms with E-state index < -0.39 is 0 Å². The van der Waals surface area contributed by atoms with E-state index in [1.54, 1.807) is 0 Å². The van der Waals surface area contributed by atoms with E-state index in [1.165, 1.54) is 0 Å². The molecular formula is C57H36N4O. The summed E-state index contributed by atoms with van der Waals surface area (Å²) in [6, 6.07) is 76.2. The molecule has 0 aliphatic rings. The minimum atomic E-state index is 0.505. The molecule has 0 fully saturated rings. The Balaban J connectivity index is 1.14. The molecule has 0 saturated heterocycles. The highest BCUT2D eigenvalue weighted by Crippen LogP contribution is 2.45. The third kappa shape index (κ3) is 5.98. The van der Waals surface area contributed by atoms with E-state index in [-0.39, 0.29) is 0 Å². The highest BCUT2D eigenvalue weighted by molar-refractivity contribution is 6.24. The number of aromatic nitrogens is 4. The van der Waals surface area contributed by atoms with Gasteiger partial charge in [-0.3, -0.25) is 4.57 Å². The first-order chi connectivity index (χ1) is 30.7. The Kier molecular flexibility index (Phi) is 8.42. The van der Waals surface area contributed by atoms with Crippen LogP contribution >= 0.6 is 0 Å². The predicted octanol–water partition coefficient (Wildman–Crippen LogP) is 14.9. The predicted molar refractivity (Wildman–Crippen MR) is 254 cm³/mol. The molecule has 0 unspecified atom stereocenters. The minimum Gasteiger partial charge on any atom is -0.454 e. The maximum Gasteiger partial charge on any atom is 0.238 e. The van der Waals surface area contributed by atoms with Crippen LogP contribution in [0, 0.1) is 0 Å². The van der Waals surface area contributed by atoms with Crippen molar-refractivity contribution in [1.82, 2.24) is 19.5 Å². The van der Waals surface area contributed by atoms with Gasteiger partial charge in [0.25, 0.3) is 0 Å². The van der Waals surface area contributed by atoms with Crippen LogP contribution in [0.1, 0.15) is 0 Å². The van der Waals surface area contributed by atoms with E-state index in [0.717, 1.165) is 99.4 Å². The van der Waals surface area contributed by atoms with E-state index in [2.05, 4.69) is 199 Å². The molecule has 290 valence electrons. The van der Waals surface area contributed by atoms with Gasteiger partial charge in [-0.1, -0.05) is 200 Å². The van der Waals surface area contributed by atoms with Crippen LogP contribution in [0.25, 0.3) is 117 Å². The van der Waals surface area contributed by atoms with Crippen molar-refractivity contribution in [3.8, 4) is 73.2 Å². The van der Waals surface area contributed by atoms with E-state index in [1.807, 2.05) is 24.3 Å². The lowest BCUT2D eigenvalue weighted by atomic mass is 9.92. The van der Waals surface area contributed by atoms with Crippen LogP contribution in [0.15, 0.2) is 223 Å². The molecule has 0 saturated carbocycles. The van der Waals surface area contributed by atoms with Crippen molar-refractivity contribution in [2.45, 2.75) is 0 Å². The van der Waals surface area contributed by atoms with Crippen LogP contribution in [0.2, 0.25) is 0 Å². The van der Waals surface area contributed by atoms with Gasteiger partial charge in [0.1, 0.15) is 11.1 Å². The number of para-hydroxylation sites is 1. The number of rotatable bonds is 7. The number of furan rings is 1. The molecule has 0 N–H and O–H groups in total. The largest absolute Gasteiger partial charge is 0.454 e. The fourth-order valence-corrected chi connectivity index (χ4v) is 8.96. The van der Waals surface area contributed by atoms with Gasteiger partial charge in [0.15, 0.2) is 17.2 Å². The molecule has 0 spiro atoms. The van der Waals surface area contributed by atoms with Crippen molar-refractivity contribution in [3.05, 3.63) is 218 Å². The summed E-state index contributed by atoms with van der Waals surface area (Å²) in [6.45, 7) is 0. The fourth-order valence-electron chi connectivity index (χ4n) is 8.96. The van der Waals surface area contributed by atoms with Gasteiger partial charge >= 0.3 is 0 Å². The Morgan fingerprint density at radius 2 is 0.806 bits per heavy atom. The monoisotopic (exact) mass is 792 g/mol. The van der Waals surface area contributed by atoms with E-state index in [4.69, 9.17) is 19.4 Å². The molecule has 0 aliphatic heterocycles. The Morgan fingerprint density at radius 3 is 1.44 bits per heavy atom. The van der Waals surface area contributed by atoms with Gasteiger partial charge < -0.3 is 4.42 Å². The molecule has 0 radical (unpaired) electrons. The average molecular weight is 793 g/mol. The van der Waals surface area contributed by atoms with E-state index >= 15 is 0 Å². The minimum absolute atomic E-state index is 0.505. The molecule has 3 heterocycles. The number of fused-ring (bicyclic) bond motifs is 7. The van der Waals surface area contributed by atoms with Gasteiger partial charge in [-0.15, -0.1) is 0 Å². The Hall–Kier alpha value is -8.41. The second kappa shape index (κ2) is 14.7. The summed E-state index contributed by atoms with van der Waals surface area (Å²) < 4.78 is 9.03. The SMILES string of the molecule is c1ccc(-c2ccc(-c3nc(-c4ccc(-c5ccccc5)cc4)nc(-n4c5cccc(-c6ccccc6-c6ccccc6)c5c5ccc6c7ccccc7oc6c54)n3)cc2)cc1. The van der Waals surface area contributed by atoms with E-state index in [9.17, 15) is 0 Å². The van der Waals surface area contributed by atoms with Crippen LogP contribution in [-0.4, -0.2) is 19.5 Å². The molecule has 0 bridgehead atoms. The zero-order valence-electron chi connectivity index (χ0n) is 33.5. The lowest BCUT2D eigenvalue weighted by molar-refractivity contribution is 0.670.